The summed E-state index contributed by atoms with van der Waals surface area (Å²) in [7, 11) is 1.25. The monoisotopic (exact) mass is 412 g/mol. The number of nitrogens with one attached hydrogen (secondary N) is 2. The van der Waals surface area contributed by atoms with Gasteiger partial charge >= 0.3 is 5.97 Å². The van der Waals surface area contributed by atoms with Crippen molar-refractivity contribution >= 4 is 17.8 Å². The molecule has 0 aliphatic heterocycles. The van der Waals surface area contributed by atoms with Crippen molar-refractivity contribution in [3.05, 3.63) is 65.7 Å². The standard InChI is InChI=1S/C23H28N2O5/c1-16(22(27)25-17(2)23(28)29-3)24-21(26)14-11-18-9-12-20(13-10-18)30-15-19-7-5-4-6-8-19/h4-10,12-13,16-17H,11,14-15H2,1-3H3,(H,24,26)(H,25,27)/t16-,17-/m0/s1. The number of hydrogen-bond donors (Lipinski definition) is 2. The van der Waals surface area contributed by atoms with Gasteiger partial charge in [-0.3, -0.25) is 9.59 Å². The second-order valence-corrected chi connectivity index (χ2v) is 6.96. The third-order valence-electron chi connectivity index (χ3n) is 4.50. The van der Waals surface area contributed by atoms with Crippen molar-refractivity contribution in [3.63, 3.8) is 0 Å². The molecule has 2 amide bonds. The Bertz CT molecular complexity index is 836. The van der Waals surface area contributed by atoms with Gasteiger partial charge in [-0.05, 0) is 43.5 Å². The fraction of sp³-hybridized carbons (Fsp3) is 0.348. The Kier molecular flexibility index (Phi) is 8.87. The summed E-state index contributed by atoms with van der Waals surface area (Å²) in [6, 6.07) is 16.0. The normalized spacial score (nSPS) is 12.4. The van der Waals surface area contributed by atoms with E-state index in [4.69, 9.17) is 4.74 Å². The van der Waals surface area contributed by atoms with Gasteiger partial charge in [-0.15, -0.1) is 0 Å². The van der Waals surface area contributed by atoms with Gasteiger partial charge in [-0.25, -0.2) is 4.79 Å². The summed E-state index contributed by atoms with van der Waals surface area (Å²) in [6.45, 7) is 3.58. The van der Waals surface area contributed by atoms with E-state index in [1.165, 1.54) is 14.0 Å². The van der Waals surface area contributed by atoms with E-state index in [1.807, 2.05) is 54.6 Å². The van der Waals surface area contributed by atoms with Crippen LogP contribution in [0.2, 0.25) is 0 Å². The number of ether oxygens (including phenoxy) is 2. The van der Waals surface area contributed by atoms with E-state index in [0.29, 0.717) is 13.0 Å². The third-order valence-corrected chi connectivity index (χ3v) is 4.50. The molecular weight excluding hydrogens is 384 g/mol. The van der Waals surface area contributed by atoms with Crippen molar-refractivity contribution in [1.82, 2.24) is 10.6 Å². The van der Waals surface area contributed by atoms with E-state index in [1.54, 1.807) is 6.92 Å². The second-order valence-electron chi connectivity index (χ2n) is 6.96. The van der Waals surface area contributed by atoms with E-state index in [9.17, 15) is 14.4 Å². The van der Waals surface area contributed by atoms with Crippen molar-refractivity contribution in [2.24, 2.45) is 0 Å². The van der Waals surface area contributed by atoms with Gasteiger partial charge in [0, 0.05) is 6.42 Å². The van der Waals surface area contributed by atoms with E-state index in [-0.39, 0.29) is 12.3 Å². The Hall–Kier alpha value is -3.35. The number of esters is 1. The quantitative estimate of drug-likeness (QED) is 0.585. The number of methoxy groups -OCH3 is 1. The lowest BCUT2D eigenvalue weighted by Crippen LogP contribution is -2.49. The summed E-state index contributed by atoms with van der Waals surface area (Å²) in [5, 5.41) is 5.13. The summed E-state index contributed by atoms with van der Waals surface area (Å²) >= 11 is 0. The summed E-state index contributed by atoms with van der Waals surface area (Å²) in [6.07, 6.45) is 0.784. The first-order chi connectivity index (χ1) is 14.4. The van der Waals surface area contributed by atoms with Crippen molar-refractivity contribution in [3.8, 4) is 5.75 Å². The molecule has 2 aromatic rings. The first-order valence-electron chi connectivity index (χ1n) is 9.82. The molecule has 0 heterocycles. The minimum Gasteiger partial charge on any atom is -0.489 e. The number of carbonyl (C=O) groups excluding carboxylic acids is 3. The lowest BCUT2D eigenvalue weighted by atomic mass is 10.1. The van der Waals surface area contributed by atoms with Crippen molar-refractivity contribution in [2.75, 3.05) is 7.11 Å². The summed E-state index contributed by atoms with van der Waals surface area (Å²) in [5.41, 5.74) is 2.09. The van der Waals surface area contributed by atoms with Gasteiger partial charge in [-0.2, -0.15) is 0 Å². The molecule has 7 heteroatoms. The summed E-state index contributed by atoms with van der Waals surface area (Å²) < 4.78 is 10.3. The van der Waals surface area contributed by atoms with Crippen molar-refractivity contribution in [2.45, 2.75) is 45.4 Å². The van der Waals surface area contributed by atoms with Gasteiger partial charge < -0.3 is 20.1 Å². The van der Waals surface area contributed by atoms with Gasteiger partial charge in [0.15, 0.2) is 0 Å². The summed E-state index contributed by atoms with van der Waals surface area (Å²) in [5.74, 6) is -0.468. The van der Waals surface area contributed by atoms with Crippen LogP contribution in [0.15, 0.2) is 54.6 Å². The fourth-order valence-electron chi connectivity index (χ4n) is 2.70. The van der Waals surface area contributed by atoms with Gasteiger partial charge in [0.1, 0.15) is 24.4 Å². The Morgan fingerprint density at radius 3 is 2.17 bits per heavy atom. The number of aryl methyl sites for hydroxylation is 1. The molecule has 0 spiro atoms. The average Bonchev–Trinajstić information content (AvgIpc) is 2.76. The maximum Gasteiger partial charge on any atom is 0.328 e. The van der Waals surface area contributed by atoms with Gasteiger partial charge in [0.2, 0.25) is 11.8 Å². The molecule has 2 aromatic carbocycles. The van der Waals surface area contributed by atoms with E-state index in [0.717, 1.165) is 16.9 Å². The van der Waals surface area contributed by atoms with E-state index < -0.39 is 24.0 Å². The predicted octanol–water partition coefficient (Wildman–Crippen LogP) is 2.38. The Morgan fingerprint density at radius 2 is 1.53 bits per heavy atom. The maximum atomic E-state index is 12.1. The first-order valence-corrected chi connectivity index (χ1v) is 9.82. The molecule has 2 N–H and O–H groups in total. The van der Waals surface area contributed by atoms with Crippen LogP contribution in [0.1, 0.15) is 31.4 Å². The smallest absolute Gasteiger partial charge is 0.328 e. The zero-order valence-corrected chi connectivity index (χ0v) is 17.5. The molecule has 2 atom stereocenters. The van der Waals surface area contributed by atoms with E-state index in [2.05, 4.69) is 15.4 Å². The molecule has 0 aliphatic rings. The Labute approximate surface area is 176 Å². The molecule has 0 unspecified atom stereocenters. The SMILES string of the molecule is COC(=O)[C@H](C)NC(=O)[C@H](C)NC(=O)CCc1ccc(OCc2ccccc2)cc1. The average molecular weight is 412 g/mol. The van der Waals surface area contributed by atoms with Crippen LogP contribution in [-0.4, -0.2) is 37.0 Å². The maximum absolute atomic E-state index is 12.1. The van der Waals surface area contributed by atoms with E-state index >= 15 is 0 Å². The number of hydrogen-bond acceptors (Lipinski definition) is 5. The minimum absolute atomic E-state index is 0.243. The molecular formula is C23H28N2O5. The highest BCUT2D eigenvalue weighted by Gasteiger charge is 2.21. The molecule has 0 radical (unpaired) electrons. The largest absolute Gasteiger partial charge is 0.489 e. The molecule has 0 saturated carbocycles. The molecule has 30 heavy (non-hydrogen) atoms. The number of benzene rings is 2. The minimum atomic E-state index is -0.774. The number of carbonyl (C=O) groups is 3. The Morgan fingerprint density at radius 1 is 0.867 bits per heavy atom. The topological polar surface area (TPSA) is 93.7 Å². The zero-order chi connectivity index (χ0) is 21.9. The highest BCUT2D eigenvalue weighted by atomic mass is 16.5. The molecule has 0 fully saturated rings. The van der Waals surface area contributed by atoms with Crippen LogP contribution in [0.5, 0.6) is 5.75 Å². The highest BCUT2D eigenvalue weighted by molar-refractivity contribution is 5.90. The zero-order valence-electron chi connectivity index (χ0n) is 17.5. The van der Waals surface area contributed by atoms with Crippen LogP contribution in [0, 0.1) is 0 Å². The van der Waals surface area contributed by atoms with Crippen LogP contribution in [0.25, 0.3) is 0 Å². The molecule has 7 nitrogen and oxygen atoms in total. The van der Waals surface area contributed by atoms with Crippen LogP contribution >= 0.6 is 0 Å². The Balaban J connectivity index is 1.73. The third kappa shape index (κ3) is 7.58. The lowest BCUT2D eigenvalue weighted by Gasteiger charge is -2.17. The fourth-order valence-corrected chi connectivity index (χ4v) is 2.70. The van der Waals surface area contributed by atoms with Crippen LogP contribution < -0.4 is 15.4 Å². The second kappa shape index (κ2) is 11.6. The van der Waals surface area contributed by atoms with Crippen molar-refractivity contribution < 1.29 is 23.9 Å². The van der Waals surface area contributed by atoms with Crippen molar-refractivity contribution in [1.29, 1.82) is 0 Å². The highest BCUT2D eigenvalue weighted by Crippen LogP contribution is 2.15. The molecule has 0 aliphatic carbocycles. The van der Waals surface area contributed by atoms with Gasteiger partial charge in [0.25, 0.3) is 0 Å². The van der Waals surface area contributed by atoms with Gasteiger partial charge in [0.05, 0.1) is 7.11 Å². The lowest BCUT2D eigenvalue weighted by molar-refractivity contribution is -0.144. The van der Waals surface area contributed by atoms with Crippen LogP contribution in [0.3, 0.4) is 0 Å². The summed E-state index contributed by atoms with van der Waals surface area (Å²) in [4.78, 5) is 35.5. The molecule has 0 bridgehead atoms. The molecule has 0 aromatic heterocycles. The first kappa shape index (κ1) is 22.9. The van der Waals surface area contributed by atoms with Gasteiger partial charge in [-0.1, -0.05) is 42.5 Å². The number of rotatable bonds is 10. The van der Waals surface area contributed by atoms with Crippen LogP contribution in [0.4, 0.5) is 0 Å². The number of amides is 2. The molecule has 160 valence electrons. The van der Waals surface area contributed by atoms with Crippen LogP contribution in [-0.2, 0) is 32.1 Å². The predicted molar refractivity (Wildman–Crippen MR) is 113 cm³/mol. The molecule has 2 rings (SSSR count). The molecule has 0 saturated heterocycles.